The van der Waals surface area contributed by atoms with Gasteiger partial charge < -0.3 is 0 Å². The van der Waals surface area contributed by atoms with Crippen molar-refractivity contribution in [2.75, 3.05) is 0 Å². The first kappa shape index (κ1) is 6.93. The van der Waals surface area contributed by atoms with E-state index in [2.05, 4.69) is 16.1 Å². The number of benzene rings is 1. The van der Waals surface area contributed by atoms with Crippen LogP contribution in [0.2, 0.25) is 0 Å². The predicted octanol–water partition coefficient (Wildman–Crippen LogP) is 1.85. The molecule has 0 saturated heterocycles. The summed E-state index contributed by atoms with van der Waals surface area (Å²) >= 11 is 0. The smallest absolute Gasteiger partial charge is 0.0936 e. The molecule has 0 aliphatic carbocycles. The zero-order valence-electron chi connectivity index (χ0n) is 6.76. The van der Waals surface area contributed by atoms with Gasteiger partial charge in [0.15, 0.2) is 0 Å². The fourth-order valence-electron chi connectivity index (χ4n) is 1.24. The first-order chi connectivity index (χ1) is 5.81. The third-order valence-electron chi connectivity index (χ3n) is 1.91. The molecule has 2 rings (SSSR count). The Balaban J connectivity index is 2.80. The van der Waals surface area contributed by atoms with E-state index in [-0.39, 0.29) is 0 Å². The van der Waals surface area contributed by atoms with Gasteiger partial charge in [-0.25, -0.2) is 0 Å². The van der Waals surface area contributed by atoms with E-state index in [1.54, 1.807) is 0 Å². The Bertz CT molecular complexity index is 460. The van der Waals surface area contributed by atoms with Crippen molar-refractivity contribution in [1.29, 1.82) is 0 Å². The number of fused-ring (bicyclic) bond motifs is 1. The minimum Gasteiger partial charge on any atom is -0.282 e. The summed E-state index contributed by atoms with van der Waals surface area (Å²) in [5.74, 6) is 2.57. The highest BCUT2D eigenvalue weighted by atomic mass is 15.1. The van der Waals surface area contributed by atoms with E-state index in [1.165, 1.54) is 0 Å². The molecule has 2 nitrogen and oxygen atoms in total. The molecule has 2 aromatic rings. The van der Waals surface area contributed by atoms with Gasteiger partial charge in [0.1, 0.15) is 0 Å². The lowest BCUT2D eigenvalue weighted by atomic mass is 10.1. The standard InChI is InChI=1S/C10H8N2/c1-3-8-4-5-9-7(2)11-12-10(9)6-8/h1,4-6H,2H3,(H,11,12). The van der Waals surface area contributed by atoms with Crippen LogP contribution in [0.5, 0.6) is 0 Å². The highest BCUT2D eigenvalue weighted by Crippen LogP contribution is 2.15. The molecular formula is C10H8N2. The zero-order chi connectivity index (χ0) is 8.55. The van der Waals surface area contributed by atoms with Gasteiger partial charge in [-0.1, -0.05) is 5.92 Å². The summed E-state index contributed by atoms with van der Waals surface area (Å²) in [4.78, 5) is 0. The number of aryl methyl sites for hydroxylation is 1. The highest BCUT2D eigenvalue weighted by molar-refractivity contribution is 5.82. The second-order valence-corrected chi connectivity index (χ2v) is 2.72. The maximum atomic E-state index is 5.26. The number of rotatable bonds is 0. The van der Waals surface area contributed by atoms with Crippen molar-refractivity contribution < 1.29 is 0 Å². The van der Waals surface area contributed by atoms with Crippen LogP contribution in [0.1, 0.15) is 11.3 Å². The Morgan fingerprint density at radius 2 is 2.33 bits per heavy atom. The van der Waals surface area contributed by atoms with Gasteiger partial charge in [0.2, 0.25) is 0 Å². The molecule has 12 heavy (non-hydrogen) atoms. The van der Waals surface area contributed by atoms with Crippen LogP contribution < -0.4 is 0 Å². The van der Waals surface area contributed by atoms with Crippen LogP contribution in [0, 0.1) is 19.3 Å². The normalized spacial score (nSPS) is 10.0. The summed E-state index contributed by atoms with van der Waals surface area (Å²) in [7, 11) is 0. The molecule has 1 N–H and O–H groups in total. The maximum absolute atomic E-state index is 5.26. The fraction of sp³-hybridized carbons (Fsp3) is 0.100. The Hall–Kier alpha value is -1.75. The molecule has 1 aromatic carbocycles. The number of nitrogens with one attached hydrogen (secondary N) is 1. The van der Waals surface area contributed by atoms with Gasteiger partial charge in [0.25, 0.3) is 0 Å². The zero-order valence-corrected chi connectivity index (χ0v) is 6.76. The minimum absolute atomic E-state index is 0.869. The van der Waals surface area contributed by atoms with Crippen molar-refractivity contribution in [3.05, 3.63) is 29.5 Å². The molecule has 0 radical (unpaired) electrons. The van der Waals surface area contributed by atoms with Gasteiger partial charge in [-0.05, 0) is 25.1 Å². The van der Waals surface area contributed by atoms with E-state index in [4.69, 9.17) is 6.42 Å². The molecule has 0 saturated carbocycles. The summed E-state index contributed by atoms with van der Waals surface area (Å²) in [5, 5.41) is 8.15. The quantitative estimate of drug-likeness (QED) is 0.579. The van der Waals surface area contributed by atoms with Crippen LogP contribution in [0.15, 0.2) is 18.2 Å². The number of nitrogens with zero attached hydrogens (tertiary/aromatic N) is 1. The highest BCUT2D eigenvalue weighted by Gasteiger charge is 1.99. The van der Waals surface area contributed by atoms with E-state index in [0.717, 1.165) is 22.2 Å². The molecule has 2 heteroatoms. The third-order valence-corrected chi connectivity index (χ3v) is 1.91. The van der Waals surface area contributed by atoms with Gasteiger partial charge in [0, 0.05) is 16.6 Å². The number of hydrogen-bond donors (Lipinski definition) is 1. The van der Waals surface area contributed by atoms with Crippen molar-refractivity contribution in [1.82, 2.24) is 10.2 Å². The van der Waals surface area contributed by atoms with Gasteiger partial charge >= 0.3 is 0 Å². The summed E-state index contributed by atoms with van der Waals surface area (Å²) in [5.41, 5.74) is 2.88. The number of aromatic amines is 1. The van der Waals surface area contributed by atoms with Crippen molar-refractivity contribution >= 4 is 10.9 Å². The lowest BCUT2D eigenvalue weighted by molar-refractivity contribution is 1.07. The minimum atomic E-state index is 0.869. The third kappa shape index (κ3) is 0.876. The Morgan fingerprint density at radius 3 is 3.08 bits per heavy atom. The Morgan fingerprint density at radius 1 is 1.50 bits per heavy atom. The summed E-state index contributed by atoms with van der Waals surface area (Å²) in [6.45, 7) is 1.99. The number of H-pyrrole nitrogens is 1. The average Bonchev–Trinajstić information content (AvgIpc) is 2.47. The molecule has 0 spiro atoms. The van der Waals surface area contributed by atoms with Gasteiger partial charge in [-0.3, -0.25) is 5.10 Å². The largest absolute Gasteiger partial charge is 0.282 e. The topological polar surface area (TPSA) is 28.7 Å². The van der Waals surface area contributed by atoms with E-state index in [0.29, 0.717) is 0 Å². The van der Waals surface area contributed by atoms with Crippen LogP contribution in [0.25, 0.3) is 10.9 Å². The van der Waals surface area contributed by atoms with E-state index < -0.39 is 0 Å². The monoisotopic (exact) mass is 156 g/mol. The summed E-state index contributed by atoms with van der Waals surface area (Å²) in [6, 6.07) is 5.81. The van der Waals surface area contributed by atoms with E-state index in [1.807, 2.05) is 25.1 Å². The summed E-state index contributed by atoms with van der Waals surface area (Å²) < 4.78 is 0. The fourth-order valence-corrected chi connectivity index (χ4v) is 1.24. The first-order valence-corrected chi connectivity index (χ1v) is 3.72. The summed E-state index contributed by atoms with van der Waals surface area (Å²) in [6.07, 6.45) is 5.26. The number of aromatic nitrogens is 2. The number of terminal acetylenes is 1. The first-order valence-electron chi connectivity index (χ1n) is 3.72. The number of hydrogen-bond acceptors (Lipinski definition) is 1. The SMILES string of the molecule is C#Cc1ccc2c(C)[nH]nc2c1. The van der Waals surface area contributed by atoms with Crippen LogP contribution in [-0.2, 0) is 0 Å². The van der Waals surface area contributed by atoms with Crippen molar-refractivity contribution in [3.63, 3.8) is 0 Å². The van der Waals surface area contributed by atoms with Crippen LogP contribution in [0.4, 0.5) is 0 Å². The van der Waals surface area contributed by atoms with Crippen LogP contribution in [0.3, 0.4) is 0 Å². The molecule has 58 valence electrons. The molecule has 0 aliphatic rings. The molecule has 0 atom stereocenters. The second kappa shape index (κ2) is 2.38. The van der Waals surface area contributed by atoms with E-state index >= 15 is 0 Å². The molecule has 1 heterocycles. The average molecular weight is 156 g/mol. The Kier molecular flexibility index (Phi) is 1.38. The second-order valence-electron chi connectivity index (χ2n) is 2.72. The molecule has 0 aliphatic heterocycles. The van der Waals surface area contributed by atoms with Crippen LogP contribution in [-0.4, -0.2) is 10.2 Å². The molecule has 0 fully saturated rings. The molecule has 0 bridgehead atoms. The maximum Gasteiger partial charge on any atom is 0.0936 e. The van der Waals surface area contributed by atoms with Gasteiger partial charge in [-0.2, -0.15) is 5.10 Å². The molecule has 0 unspecified atom stereocenters. The van der Waals surface area contributed by atoms with Gasteiger partial charge in [0.05, 0.1) is 5.52 Å². The van der Waals surface area contributed by atoms with Crippen molar-refractivity contribution in [2.45, 2.75) is 6.92 Å². The van der Waals surface area contributed by atoms with Crippen LogP contribution >= 0.6 is 0 Å². The van der Waals surface area contributed by atoms with Crippen molar-refractivity contribution in [3.8, 4) is 12.3 Å². The van der Waals surface area contributed by atoms with E-state index in [9.17, 15) is 0 Å². The van der Waals surface area contributed by atoms with Crippen molar-refractivity contribution in [2.24, 2.45) is 0 Å². The lowest BCUT2D eigenvalue weighted by Crippen LogP contribution is -1.73. The molecule has 1 aromatic heterocycles. The van der Waals surface area contributed by atoms with Gasteiger partial charge in [-0.15, -0.1) is 6.42 Å². The predicted molar refractivity (Wildman–Crippen MR) is 48.8 cm³/mol. The lowest BCUT2D eigenvalue weighted by Gasteiger charge is -1.90. The Labute approximate surface area is 70.6 Å². The molecule has 0 amide bonds. The molecular weight excluding hydrogens is 148 g/mol.